The van der Waals surface area contributed by atoms with E-state index in [1.54, 1.807) is 0 Å². The fraction of sp³-hybridized carbons (Fsp3) is 0.350. The van der Waals surface area contributed by atoms with Gasteiger partial charge < -0.3 is 5.11 Å². The van der Waals surface area contributed by atoms with Crippen LogP contribution in [0.3, 0.4) is 0 Å². The zero-order valence-electron chi connectivity index (χ0n) is 27.4. The molecule has 1 nitrogen and oxygen atoms in total. The second kappa shape index (κ2) is 24.4. The standard InChI is InChI=1S/C40H56O/c1-33(2)18-12-21-36(5)24-15-27-37(6)25-13-22-34(3)19-10-11-20-35(4)23-14-26-38(7)28-16-29-39(8)30-17-31-40(9)32-41/h10-11,13-16,18-20,22-29,31,41H,12,17,21,30,32H2,1-9H3/b11-10-,22-13+,23-14+,27-15+,28-16-,34-19+,35-20+,36-24?,37-25+,38-26-,39-29+,40-31+. The van der Waals surface area contributed by atoms with Gasteiger partial charge in [-0.15, -0.1) is 0 Å². The third-order valence-electron chi connectivity index (χ3n) is 6.12. The van der Waals surface area contributed by atoms with Crippen LogP contribution in [0.15, 0.2) is 154 Å². The van der Waals surface area contributed by atoms with Crippen LogP contribution < -0.4 is 0 Å². The van der Waals surface area contributed by atoms with Crippen molar-refractivity contribution in [2.45, 2.75) is 88.0 Å². The number of hydrogen-bond donors (Lipinski definition) is 1. The molecule has 0 aliphatic carbocycles. The van der Waals surface area contributed by atoms with Crippen molar-refractivity contribution in [2.24, 2.45) is 0 Å². The van der Waals surface area contributed by atoms with Crippen LogP contribution in [0, 0.1) is 0 Å². The normalized spacial score (nSPS) is 15.6. The van der Waals surface area contributed by atoms with Gasteiger partial charge in [-0.25, -0.2) is 0 Å². The highest BCUT2D eigenvalue weighted by atomic mass is 16.3. The topological polar surface area (TPSA) is 20.2 Å². The average molecular weight is 553 g/mol. The molecule has 0 radical (unpaired) electrons. The van der Waals surface area contributed by atoms with E-state index >= 15 is 0 Å². The molecule has 0 aliphatic heterocycles. The van der Waals surface area contributed by atoms with Crippen molar-refractivity contribution in [3.63, 3.8) is 0 Å². The summed E-state index contributed by atoms with van der Waals surface area (Å²) in [5.41, 5.74) is 9.99. The summed E-state index contributed by atoms with van der Waals surface area (Å²) in [7, 11) is 0. The van der Waals surface area contributed by atoms with Crippen LogP contribution >= 0.6 is 0 Å². The van der Waals surface area contributed by atoms with E-state index in [9.17, 15) is 0 Å². The number of allylic oxidation sites excluding steroid dienone is 25. The van der Waals surface area contributed by atoms with Crippen LogP contribution in [0.2, 0.25) is 0 Å². The number of rotatable bonds is 17. The van der Waals surface area contributed by atoms with E-state index in [4.69, 9.17) is 5.11 Å². The Hall–Kier alpha value is -3.42. The van der Waals surface area contributed by atoms with Gasteiger partial charge in [-0.05, 0) is 88.0 Å². The molecule has 222 valence electrons. The summed E-state index contributed by atoms with van der Waals surface area (Å²) in [6.45, 7) is 19.2. The molecule has 0 unspecified atom stereocenters. The van der Waals surface area contributed by atoms with Crippen molar-refractivity contribution in [3.05, 3.63) is 154 Å². The summed E-state index contributed by atoms with van der Waals surface area (Å²) in [5, 5.41) is 9.05. The van der Waals surface area contributed by atoms with Crippen LogP contribution in [0.1, 0.15) is 88.0 Å². The molecule has 0 rings (SSSR count). The second-order valence-corrected chi connectivity index (χ2v) is 11.1. The van der Waals surface area contributed by atoms with E-state index in [0.717, 1.165) is 31.3 Å². The second-order valence-electron chi connectivity index (χ2n) is 11.1. The average Bonchev–Trinajstić information content (AvgIpc) is 2.90. The Bertz CT molecular complexity index is 1170. The maximum absolute atomic E-state index is 9.05. The van der Waals surface area contributed by atoms with E-state index in [2.05, 4.69) is 165 Å². The highest BCUT2D eigenvalue weighted by molar-refractivity contribution is 5.32. The number of aliphatic hydroxyl groups excluding tert-OH is 1. The van der Waals surface area contributed by atoms with Gasteiger partial charge in [0.1, 0.15) is 0 Å². The van der Waals surface area contributed by atoms with Gasteiger partial charge in [0.15, 0.2) is 0 Å². The molecule has 0 amide bonds. The van der Waals surface area contributed by atoms with Gasteiger partial charge in [0.25, 0.3) is 0 Å². The van der Waals surface area contributed by atoms with E-state index in [-0.39, 0.29) is 6.61 Å². The Balaban J connectivity index is 4.70. The minimum Gasteiger partial charge on any atom is -0.392 e. The quantitative estimate of drug-likeness (QED) is 0.140. The van der Waals surface area contributed by atoms with Gasteiger partial charge >= 0.3 is 0 Å². The van der Waals surface area contributed by atoms with Gasteiger partial charge in [0.05, 0.1) is 6.61 Å². The van der Waals surface area contributed by atoms with Crippen molar-refractivity contribution in [3.8, 4) is 0 Å². The first-order valence-corrected chi connectivity index (χ1v) is 14.8. The molecular weight excluding hydrogens is 496 g/mol. The maximum Gasteiger partial charge on any atom is 0.0639 e. The minimum absolute atomic E-state index is 0.145. The van der Waals surface area contributed by atoms with Gasteiger partial charge in [0, 0.05) is 0 Å². The molecular formula is C40H56O. The molecule has 0 aromatic rings. The highest BCUT2D eigenvalue weighted by Gasteiger charge is 1.90. The smallest absolute Gasteiger partial charge is 0.0639 e. The summed E-state index contributed by atoms with van der Waals surface area (Å²) >= 11 is 0. The van der Waals surface area contributed by atoms with Gasteiger partial charge in [0.2, 0.25) is 0 Å². The summed E-state index contributed by atoms with van der Waals surface area (Å²) in [4.78, 5) is 0. The van der Waals surface area contributed by atoms with Gasteiger partial charge in [-0.1, -0.05) is 154 Å². The highest BCUT2D eigenvalue weighted by Crippen LogP contribution is 2.09. The number of hydrogen-bond acceptors (Lipinski definition) is 1. The van der Waals surface area contributed by atoms with Crippen molar-refractivity contribution in [1.82, 2.24) is 0 Å². The molecule has 1 heteroatoms. The zero-order valence-corrected chi connectivity index (χ0v) is 27.4. The molecule has 0 aliphatic rings. The third-order valence-corrected chi connectivity index (χ3v) is 6.12. The van der Waals surface area contributed by atoms with Gasteiger partial charge in [-0.3, -0.25) is 0 Å². The Morgan fingerprint density at radius 3 is 1.12 bits per heavy atom. The van der Waals surface area contributed by atoms with Crippen LogP contribution in [-0.4, -0.2) is 11.7 Å². The molecule has 0 heterocycles. The maximum atomic E-state index is 9.05. The van der Waals surface area contributed by atoms with E-state index in [1.807, 2.05) is 6.92 Å². The first kappa shape index (κ1) is 37.6. The van der Waals surface area contributed by atoms with Crippen LogP contribution in [-0.2, 0) is 0 Å². The van der Waals surface area contributed by atoms with Crippen LogP contribution in [0.4, 0.5) is 0 Å². The van der Waals surface area contributed by atoms with E-state index < -0.39 is 0 Å². The van der Waals surface area contributed by atoms with Crippen LogP contribution in [0.5, 0.6) is 0 Å². The third kappa shape index (κ3) is 25.3. The predicted octanol–water partition coefficient (Wildman–Crippen LogP) is 11.9. The molecule has 0 saturated heterocycles. The fourth-order valence-electron chi connectivity index (χ4n) is 3.43. The molecule has 0 bridgehead atoms. The summed E-state index contributed by atoms with van der Waals surface area (Å²) in [6.07, 6.45) is 42.6. The van der Waals surface area contributed by atoms with Crippen molar-refractivity contribution >= 4 is 0 Å². The molecule has 0 saturated carbocycles. The molecule has 0 aromatic carbocycles. The molecule has 0 atom stereocenters. The summed E-state index contributed by atoms with van der Waals surface area (Å²) in [6, 6.07) is 0. The lowest BCUT2D eigenvalue weighted by atomic mass is 10.1. The van der Waals surface area contributed by atoms with Crippen LogP contribution in [0.25, 0.3) is 0 Å². The monoisotopic (exact) mass is 552 g/mol. The van der Waals surface area contributed by atoms with Gasteiger partial charge in [-0.2, -0.15) is 0 Å². The van der Waals surface area contributed by atoms with E-state index in [0.29, 0.717) is 0 Å². The number of aliphatic hydroxyl groups is 1. The SMILES string of the molecule is CC(C)=CCCC(C)=C/C=C/C(C)=C/C=C/C(C)=C/C=C\C=C(C)\C=C\C=C(C)/C=C\C=C(/C)CC/C=C(\C)CO. The first-order chi connectivity index (χ1) is 19.5. The molecule has 41 heavy (non-hydrogen) atoms. The largest absolute Gasteiger partial charge is 0.392 e. The predicted molar refractivity (Wildman–Crippen MR) is 187 cm³/mol. The fourth-order valence-corrected chi connectivity index (χ4v) is 3.43. The lowest BCUT2D eigenvalue weighted by molar-refractivity contribution is 0.331. The van der Waals surface area contributed by atoms with Crippen molar-refractivity contribution in [1.29, 1.82) is 0 Å². The molecule has 1 N–H and O–H groups in total. The summed E-state index contributed by atoms with van der Waals surface area (Å²) in [5.74, 6) is 0. The lowest BCUT2D eigenvalue weighted by Gasteiger charge is -1.98. The van der Waals surface area contributed by atoms with Crippen molar-refractivity contribution < 1.29 is 5.11 Å². The minimum atomic E-state index is 0.145. The van der Waals surface area contributed by atoms with Crippen molar-refractivity contribution in [2.75, 3.05) is 6.61 Å². The Morgan fingerprint density at radius 1 is 0.415 bits per heavy atom. The van der Waals surface area contributed by atoms with E-state index in [1.165, 1.54) is 39.0 Å². The summed E-state index contributed by atoms with van der Waals surface area (Å²) < 4.78 is 0. The lowest BCUT2D eigenvalue weighted by Crippen LogP contribution is -1.84. The molecule has 0 aromatic heterocycles. The first-order valence-electron chi connectivity index (χ1n) is 14.8. The Labute approximate surface area is 253 Å². The zero-order chi connectivity index (χ0) is 30.9. The Kier molecular flexibility index (Phi) is 22.3. The Morgan fingerprint density at radius 2 is 0.756 bits per heavy atom. The molecule has 0 fully saturated rings. The molecule has 0 spiro atoms.